The number of ketones is 1. The van der Waals surface area contributed by atoms with Gasteiger partial charge in [-0.05, 0) is 60.2 Å². The molecule has 0 unspecified atom stereocenters. The van der Waals surface area contributed by atoms with E-state index in [2.05, 4.69) is 4.74 Å². The molecule has 0 radical (unpaired) electrons. The Morgan fingerprint density at radius 3 is 1.90 bits per heavy atom. The van der Waals surface area contributed by atoms with Gasteiger partial charge in [-0.15, -0.1) is 0 Å². The minimum absolute atomic E-state index is 0.192. The average Bonchev–Trinajstić information content (AvgIpc) is 2.78. The first-order valence-corrected chi connectivity index (χ1v) is 8.85. The number of methoxy groups -OCH3 is 1. The molecule has 5 heteroatoms. The van der Waals surface area contributed by atoms with Crippen molar-refractivity contribution in [3.05, 3.63) is 107 Å². The van der Waals surface area contributed by atoms with Crippen molar-refractivity contribution in [3.63, 3.8) is 0 Å². The molecule has 0 aromatic heterocycles. The Kier molecular flexibility index (Phi) is 6.32. The van der Waals surface area contributed by atoms with Crippen molar-refractivity contribution in [3.8, 4) is 5.75 Å². The SMILES string of the molecule is COC(=O)c1ccc(C=CC(=O)c2ccc(OC(=O)c3ccccc3)cc2)cc1. The summed E-state index contributed by atoms with van der Waals surface area (Å²) in [5.74, 6) is -0.703. The average molecular weight is 386 g/mol. The minimum atomic E-state index is -0.458. The van der Waals surface area contributed by atoms with Gasteiger partial charge in [-0.3, -0.25) is 4.79 Å². The van der Waals surface area contributed by atoms with Crippen LogP contribution in [0, 0.1) is 0 Å². The van der Waals surface area contributed by atoms with Gasteiger partial charge in [-0.1, -0.05) is 36.4 Å². The van der Waals surface area contributed by atoms with Crippen molar-refractivity contribution in [1.82, 2.24) is 0 Å². The van der Waals surface area contributed by atoms with Crippen LogP contribution in [0.3, 0.4) is 0 Å². The number of rotatable bonds is 6. The number of hydrogen-bond donors (Lipinski definition) is 0. The van der Waals surface area contributed by atoms with Crippen LogP contribution in [0.25, 0.3) is 6.08 Å². The highest BCUT2D eigenvalue weighted by Gasteiger charge is 2.09. The summed E-state index contributed by atoms with van der Waals surface area (Å²) in [6, 6.07) is 21.7. The van der Waals surface area contributed by atoms with Gasteiger partial charge in [0.2, 0.25) is 0 Å². The molecule has 0 saturated heterocycles. The maximum atomic E-state index is 12.3. The fourth-order valence-corrected chi connectivity index (χ4v) is 2.54. The summed E-state index contributed by atoms with van der Waals surface area (Å²) in [6.45, 7) is 0. The van der Waals surface area contributed by atoms with E-state index in [1.54, 1.807) is 78.9 Å². The molecule has 144 valence electrons. The molecular formula is C24H18O5. The summed E-state index contributed by atoms with van der Waals surface area (Å²) >= 11 is 0. The van der Waals surface area contributed by atoms with Crippen LogP contribution in [0.1, 0.15) is 36.6 Å². The third-order valence-corrected chi connectivity index (χ3v) is 4.12. The molecule has 0 atom stereocenters. The van der Waals surface area contributed by atoms with Crippen LogP contribution in [-0.2, 0) is 4.74 Å². The van der Waals surface area contributed by atoms with Crippen LogP contribution in [0.4, 0.5) is 0 Å². The molecule has 0 aliphatic heterocycles. The second-order valence-electron chi connectivity index (χ2n) is 6.09. The summed E-state index contributed by atoms with van der Waals surface area (Å²) in [6.07, 6.45) is 3.10. The largest absolute Gasteiger partial charge is 0.465 e. The molecule has 29 heavy (non-hydrogen) atoms. The van der Waals surface area contributed by atoms with Crippen LogP contribution in [-0.4, -0.2) is 24.8 Å². The molecule has 3 aromatic carbocycles. The third-order valence-electron chi connectivity index (χ3n) is 4.12. The standard InChI is InChI=1S/C24H18O5/c1-28-23(26)20-10-7-17(8-11-20)9-16-22(25)18-12-14-21(15-13-18)29-24(27)19-5-3-2-4-6-19/h2-16H,1H3. The lowest BCUT2D eigenvalue weighted by Crippen LogP contribution is -2.08. The van der Waals surface area contributed by atoms with Gasteiger partial charge in [0.15, 0.2) is 5.78 Å². The number of allylic oxidation sites excluding steroid dienone is 1. The lowest BCUT2D eigenvalue weighted by Gasteiger charge is -2.05. The van der Waals surface area contributed by atoms with E-state index in [1.807, 2.05) is 6.07 Å². The number of carbonyl (C=O) groups is 3. The van der Waals surface area contributed by atoms with Gasteiger partial charge in [0.05, 0.1) is 18.2 Å². The molecule has 0 heterocycles. The van der Waals surface area contributed by atoms with E-state index in [0.29, 0.717) is 22.4 Å². The Morgan fingerprint density at radius 1 is 0.690 bits per heavy atom. The van der Waals surface area contributed by atoms with Gasteiger partial charge in [0.25, 0.3) is 0 Å². The van der Waals surface area contributed by atoms with Gasteiger partial charge in [-0.2, -0.15) is 0 Å². The van der Waals surface area contributed by atoms with Crippen molar-refractivity contribution in [2.75, 3.05) is 7.11 Å². The van der Waals surface area contributed by atoms with Gasteiger partial charge in [0.1, 0.15) is 5.75 Å². The Morgan fingerprint density at radius 2 is 1.28 bits per heavy atom. The van der Waals surface area contributed by atoms with E-state index >= 15 is 0 Å². The van der Waals surface area contributed by atoms with E-state index < -0.39 is 11.9 Å². The topological polar surface area (TPSA) is 69.7 Å². The number of carbonyl (C=O) groups excluding carboxylic acids is 3. The van der Waals surface area contributed by atoms with Crippen LogP contribution >= 0.6 is 0 Å². The first kappa shape index (κ1) is 19.8. The smallest absolute Gasteiger partial charge is 0.343 e. The van der Waals surface area contributed by atoms with Crippen LogP contribution in [0.15, 0.2) is 84.9 Å². The van der Waals surface area contributed by atoms with Gasteiger partial charge in [0, 0.05) is 5.56 Å². The minimum Gasteiger partial charge on any atom is -0.465 e. The van der Waals surface area contributed by atoms with Crippen molar-refractivity contribution >= 4 is 23.8 Å². The Labute approximate surface area is 168 Å². The molecule has 5 nitrogen and oxygen atoms in total. The Hall–Kier alpha value is -3.99. The molecule has 3 rings (SSSR count). The second-order valence-corrected chi connectivity index (χ2v) is 6.09. The summed E-state index contributed by atoms with van der Waals surface area (Å²) in [4.78, 5) is 35.8. The first-order valence-electron chi connectivity index (χ1n) is 8.85. The Balaban J connectivity index is 1.62. The van der Waals surface area contributed by atoms with Crippen LogP contribution in [0.2, 0.25) is 0 Å². The monoisotopic (exact) mass is 386 g/mol. The summed E-state index contributed by atoms with van der Waals surface area (Å²) in [7, 11) is 1.32. The van der Waals surface area contributed by atoms with E-state index in [0.717, 1.165) is 5.56 Å². The normalized spacial score (nSPS) is 10.5. The highest BCUT2D eigenvalue weighted by Crippen LogP contribution is 2.16. The zero-order valence-corrected chi connectivity index (χ0v) is 15.7. The van der Waals surface area contributed by atoms with E-state index in [1.165, 1.54) is 13.2 Å². The number of hydrogen-bond acceptors (Lipinski definition) is 5. The van der Waals surface area contributed by atoms with Crippen molar-refractivity contribution in [2.24, 2.45) is 0 Å². The molecule has 0 aliphatic rings. The molecule has 0 saturated carbocycles. The number of ether oxygens (including phenoxy) is 2. The van der Waals surface area contributed by atoms with Crippen molar-refractivity contribution in [2.45, 2.75) is 0 Å². The van der Waals surface area contributed by atoms with Crippen LogP contribution in [0.5, 0.6) is 5.75 Å². The highest BCUT2D eigenvalue weighted by atomic mass is 16.5. The maximum absolute atomic E-state index is 12.3. The fourth-order valence-electron chi connectivity index (χ4n) is 2.54. The second kappa shape index (κ2) is 9.28. The molecule has 0 amide bonds. The molecular weight excluding hydrogens is 368 g/mol. The summed E-state index contributed by atoms with van der Waals surface area (Å²) in [5.41, 5.74) is 2.14. The molecule has 0 spiro atoms. The van der Waals surface area contributed by atoms with E-state index in [4.69, 9.17) is 4.74 Å². The van der Waals surface area contributed by atoms with Gasteiger partial charge >= 0.3 is 11.9 Å². The van der Waals surface area contributed by atoms with E-state index in [9.17, 15) is 14.4 Å². The van der Waals surface area contributed by atoms with Crippen molar-refractivity contribution < 1.29 is 23.9 Å². The van der Waals surface area contributed by atoms with Gasteiger partial charge in [-0.25, -0.2) is 9.59 Å². The summed E-state index contributed by atoms with van der Waals surface area (Å²) < 4.78 is 9.95. The lowest BCUT2D eigenvalue weighted by atomic mass is 10.1. The number of esters is 2. The molecule has 0 aliphatic carbocycles. The molecule has 0 fully saturated rings. The Bertz CT molecular complexity index is 1030. The zero-order valence-electron chi connectivity index (χ0n) is 15.7. The third kappa shape index (κ3) is 5.26. The van der Waals surface area contributed by atoms with Crippen molar-refractivity contribution in [1.29, 1.82) is 0 Å². The van der Waals surface area contributed by atoms with E-state index in [-0.39, 0.29) is 5.78 Å². The quantitative estimate of drug-likeness (QED) is 0.268. The molecule has 3 aromatic rings. The zero-order chi connectivity index (χ0) is 20.6. The summed E-state index contributed by atoms with van der Waals surface area (Å²) in [5, 5.41) is 0. The van der Waals surface area contributed by atoms with Gasteiger partial charge < -0.3 is 9.47 Å². The number of benzene rings is 3. The maximum Gasteiger partial charge on any atom is 0.343 e. The first-order chi connectivity index (χ1) is 14.1. The lowest BCUT2D eigenvalue weighted by molar-refractivity contribution is 0.0600. The highest BCUT2D eigenvalue weighted by molar-refractivity contribution is 6.07. The fraction of sp³-hybridized carbons (Fsp3) is 0.0417. The molecule has 0 N–H and O–H groups in total. The van der Waals surface area contributed by atoms with Crippen LogP contribution < -0.4 is 4.74 Å². The predicted octanol–water partition coefficient (Wildman–Crippen LogP) is 4.59. The predicted molar refractivity (Wildman–Crippen MR) is 109 cm³/mol. The molecule has 0 bridgehead atoms.